The van der Waals surface area contributed by atoms with Gasteiger partial charge in [0.25, 0.3) is 0 Å². The SMILES string of the molecule is CCc1ccc(C(N)Cc2cccc(Cl)c2Cl)cc1. The third-order valence-corrected chi connectivity index (χ3v) is 4.15. The fourth-order valence-corrected chi connectivity index (χ4v) is 2.46. The highest BCUT2D eigenvalue weighted by atomic mass is 35.5. The Morgan fingerprint density at radius 1 is 1.05 bits per heavy atom. The highest BCUT2D eigenvalue weighted by Gasteiger charge is 2.11. The van der Waals surface area contributed by atoms with E-state index in [1.165, 1.54) is 5.56 Å². The first kappa shape index (κ1) is 14.4. The quantitative estimate of drug-likeness (QED) is 0.861. The molecule has 0 heterocycles. The summed E-state index contributed by atoms with van der Waals surface area (Å²) >= 11 is 12.2. The second-order valence-electron chi connectivity index (χ2n) is 4.62. The molecule has 100 valence electrons. The lowest BCUT2D eigenvalue weighted by Crippen LogP contribution is -2.13. The molecule has 0 aromatic heterocycles. The standard InChI is InChI=1S/C16H17Cl2N/c1-2-11-6-8-12(9-7-11)15(19)10-13-4-3-5-14(17)16(13)18/h3-9,15H,2,10,19H2,1H3. The van der Waals surface area contributed by atoms with E-state index in [0.717, 1.165) is 17.5 Å². The Hall–Kier alpha value is -1.02. The van der Waals surface area contributed by atoms with E-state index >= 15 is 0 Å². The van der Waals surface area contributed by atoms with Crippen LogP contribution in [0.25, 0.3) is 0 Å². The molecule has 1 unspecified atom stereocenters. The highest BCUT2D eigenvalue weighted by Crippen LogP contribution is 2.28. The van der Waals surface area contributed by atoms with Gasteiger partial charge in [-0.1, -0.05) is 66.5 Å². The molecular formula is C16H17Cl2N. The molecule has 1 nitrogen and oxygen atoms in total. The molecule has 0 saturated heterocycles. The maximum atomic E-state index is 6.24. The molecule has 2 N–H and O–H groups in total. The summed E-state index contributed by atoms with van der Waals surface area (Å²) < 4.78 is 0. The van der Waals surface area contributed by atoms with Crippen molar-refractivity contribution < 1.29 is 0 Å². The molecule has 2 rings (SSSR count). The molecule has 0 spiro atoms. The summed E-state index contributed by atoms with van der Waals surface area (Å²) in [5.41, 5.74) is 9.66. The van der Waals surface area contributed by atoms with Gasteiger partial charge in [0.2, 0.25) is 0 Å². The van der Waals surface area contributed by atoms with Crippen LogP contribution in [-0.2, 0) is 12.8 Å². The maximum absolute atomic E-state index is 6.24. The third kappa shape index (κ3) is 3.50. The summed E-state index contributed by atoms with van der Waals surface area (Å²) in [4.78, 5) is 0. The zero-order valence-corrected chi connectivity index (χ0v) is 12.4. The average molecular weight is 294 g/mol. The van der Waals surface area contributed by atoms with E-state index in [0.29, 0.717) is 16.5 Å². The lowest BCUT2D eigenvalue weighted by Gasteiger charge is -2.14. The second-order valence-corrected chi connectivity index (χ2v) is 5.40. The summed E-state index contributed by atoms with van der Waals surface area (Å²) in [6.07, 6.45) is 1.72. The Labute approximate surface area is 124 Å². The Morgan fingerprint density at radius 2 is 1.74 bits per heavy atom. The number of hydrogen-bond acceptors (Lipinski definition) is 1. The van der Waals surface area contributed by atoms with Crippen molar-refractivity contribution in [3.05, 3.63) is 69.2 Å². The first-order valence-corrected chi connectivity index (χ1v) is 7.14. The molecular weight excluding hydrogens is 277 g/mol. The van der Waals surface area contributed by atoms with Gasteiger partial charge in [0, 0.05) is 6.04 Å². The lowest BCUT2D eigenvalue weighted by molar-refractivity contribution is 0.721. The van der Waals surface area contributed by atoms with E-state index < -0.39 is 0 Å². The van der Waals surface area contributed by atoms with E-state index in [2.05, 4.69) is 31.2 Å². The zero-order chi connectivity index (χ0) is 13.8. The van der Waals surface area contributed by atoms with Crippen LogP contribution in [0.1, 0.15) is 29.7 Å². The van der Waals surface area contributed by atoms with Crippen molar-refractivity contribution in [2.75, 3.05) is 0 Å². The van der Waals surface area contributed by atoms with Gasteiger partial charge in [-0.3, -0.25) is 0 Å². The minimum Gasteiger partial charge on any atom is -0.324 e. The molecule has 0 radical (unpaired) electrons. The van der Waals surface area contributed by atoms with Crippen molar-refractivity contribution in [2.24, 2.45) is 5.73 Å². The van der Waals surface area contributed by atoms with Gasteiger partial charge in [-0.2, -0.15) is 0 Å². The van der Waals surface area contributed by atoms with E-state index in [4.69, 9.17) is 28.9 Å². The monoisotopic (exact) mass is 293 g/mol. The Kier molecular flexibility index (Phi) is 4.87. The van der Waals surface area contributed by atoms with Crippen molar-refractivity contribution in [3.63, 3.8) is 0 Å². The predicted molar refractivity (Wildman–Crippen MR) is 82.9 cm³/mol. The minimum atomic E-state index is -0.0677. The van der Waals surface area contributed by atoms with E-state index in [-0.39, 0.29) is 6.04 Å². The van der Waals surface area contributed by atoms with E-state index in [9.17, 15) is 0 Å². The Morgan fingerprint density at radius 3 is 2.37 bits per heavy atom. The maximum Gasteiger partial charge on any atom is 0.0624 e. The number of aryl methyl sites for hydroxylation is 1. The van der Waals surface area contributed by atoms with Crippen molar-refractivity contribution in [1.29, 1.82) is 0 Å². The first-order valence-electron chi connectivity index (χ1n) is 6.39. The van der Waals surface area contributed by atoms with Crippen LogP contribution in [0.2, 0.25) is 10.0 Å². The summed E-state index contributed by atoms with van der Waals surface area (Å²) in [6.45, 7) is 2.14. The van der Waals surface area contributed by atoms with Crippen LogP contribution >= 0.6 is 23.2 Å². The molecule has 2 aromatic carbocycles. The van der Waals surface area contributed by atoms with Crippen LogP contribution in [0.15, 0.2) is 42.5 Å². The number of nitrogens with two attached hydrogens (primary N) is 1. The van der Waals surface area contributed by atoms with Gasteiger partial charge in [-0.25, -0.2) is 0 Å². The van der Waals surface area contributed by atoms with Crippen molar-refractivity contribution >= 4 is 23.2 Å². The molecule has 0 aliphatic rings. The Bertz CT molecular complexity index is 549. The van der Waals surface area contributed by atoms with Gasteiger partial charge >= 0.3 is 0 Å². The second kappa shape index (κ2) is 6.42. The van der Waals surface area contributed by atoms with E-state index in [1.807, 2.05) is 12.1 Å². The van der Waals surface area contributed by atoms with Crippen LogP contribution in [-0.4, -0.2) is 0 Å². The van der Waals surface area contributed by atoms with Gasteiger partial charge in [-0.15, -0.1) is 0 Å². The van der Waals surface area contributed by atoms with Gasteiger partial charge in [0.05, 0.1) is 10.0 Å². The largest absolute Gasteiger partial charge is 0.324 e. The molecule has 3 heteroatoms. The van der Waals surface area contributed by atoms with Crippen molar-refractivity contribution in [3.8, 4) is 0 Å². The summed E-state index contributed by atoms with van der Waals surface area (Å²) in [7, 11) is 0. The molecule has 0 amide bonds. The first-order chi connectivity index (χ1) is 9.11. The summed E-state index contributed by atoms with van der Waals surface area (Å²) in [5, 5.41) is 1.18. The van der Waals surface area contributed by atoms with Gasteiger partial charge in [0.15, 0.2) is 0 Å². The number of halogens is 2. The molecule has 0 saturated carbocycles. The molecule has 0 fully saturated rings. The third-order valence-electron chi connectivity index (χ3n) is 3.29. The van der Waals surface area contributed by atoms with Crippen molar-refractivity contribution in [2.45, 2.75) is 25.8 Å². The molecule has 0 aliphatic carbocycles. The van der Waals surface area contributed by atoms with Crippen LogP contribution in [0.3, 0.4) is 0 Å². The van der Waals surface area contributed by atoms with Crippen LogP contribution in [0.5, 0.6) is 0 Å². The summed E-state index contributed by atoms with van der Waals surface area (Å²) in [5.74, 6) is 0. The molecule has 19 heavy (non-hydrogen) atoms. The molecule has 0 bridgehead atoms. The average Bonchev–Trinajstić information content (AvgIpc) is 2.44. The summed E-state index contributed by atoms with van der Waals surface area (Å²) in [6, 6.07) is 14.0. The zero-order valence-electron chi connectivity index (χ0n) is 10.9. The van der Waals surface area contributed by atoms with Gasteiger partial charge in [-0.05, 0) is 35.6 Å². The minimum absolute atomic E-state index is 0.0677. The number of hydrogen-bond donors (Lipinski definition) is 1. The topological polar surface area (TPSA) is 26.0 Å². The van der Waals surface area contributed by atoms with Gasteiger partial charge < -0.3 is 5.73 Å². The van der Waals surface area contributed by atoms with Crippen LogP contribution in [0, 0.1) is 0 Å². The fourth-order valence-electron chi connectivity index (χ4n) is 2.06. The fraction of sp³-hybridized carbons (Fsp3) is 0.250. The van der Waals surface area contributed by atoms with Crippen molar-refractivity contribution in [1.82, 2.24) is 0 Å². The van der Waals surface area contributed by atoms with Crippen LogP contribution in [0.4, 0.5) is 0 Å². The van der Waals surface area contributed by atoms with Crippen LogP contribution < -0.4 is 5.73 Å². The van der Waals surface area contributed by atoms with E-state index in [1.54, 1.807) is 6.07 Å². The molecule has 1 atom stereocenters. The highest BCUT2D eigenvalue weighted by molar-refractivity contribution is 6.42. The Balaban J connectivity index is 2.15. The normalized spacial score (nSPS) is 12.4. The predicted octanol–water partition coefficient (Wildman–Crippen LogP) is 4.80. The van der Waals surface area contributed by atoms with Gasteiger partial charge in [0.1, 0.15) is 0 Å². The molecule has 2 aromatic rings. The smallest absolute Gasteiger partial charge is 0.0624 e. The number of benzene rings is 2. The molecule has 0 aliphatic heterocycles. The lowest BCUT2D eigenvalue weighted by atomic mass is 9.98. The number of rotatable bonds is 4.